The fourth-order valence-corrected chi connectivity index (χ4v) is 3.09. The van der Waals surface area contributed by atoms with Crippen molar-refractivity contribution in [1.29, 1.82) is 0 Å². The van der Waals surface area contributed by atoms with Crippen LogP contribution in [0.3, 0.4) is 0 Å². The molecular formula is C19H18N4O. The molecule has 4 aromatic rings. The van der Waals surface area contributed by atoms with Crippen LogP contribution < -0.4 is 5.69 Å². The summed E-state index contributed by atoms with van der Waals surface area (Å²) >= 11 is 0. The van der Waals surface area contributed by atoms with Gasteiger partial charge in [0.1, 0.15) is 5.82 Å². The second-order valence-corrected chi connectivity index (χ2v) is 6.06. The third kappa shape index (κ3) is 2.65. The van der Waals surface area contributed by atoms with Crippen molar-refractivity contribution in [2.24, 2.45) is 0 Å². The van der Waals surface area contributed by atoms with Gasteiger partial charge < -0.3 is 4.98 Å². The molecule has 0 saturated carbocycles. The fourth-order valence-electron chi connectivity index (χ4n) is 3.09. The van der Waals surface area contributed by atoms with Gasteiger partial charge in [0, 0.05) is 23.5 Å². The molecule has 4 rings (SSSR count). The molecule has 0 aliphatic heterocycles. The number of para-hydroxylation sites is 1. The fraction of sp³-hybridized carbons (Fsp3) is 0.158. The number of rotatable bonds is 4. The highest BCUT2D eigenvalue weighted by Crippen LogP contribution is 2.20. The van der Waals surface area contributed by atoms with Crippen LogP contribution in [0.25, 0.3) is 10.9 Å². The predicted octanol–water partition coefficient (Wildman–Crippen LogP) is 3.00. The minimum absolute atomic E-state index is 0.175. The summed E-state index contributed by atoms with van der Waals surface area (Å²) in [6.45, 7) is 2.57. The van der Waals surface area contributed by atoms with Crippen molar-refractivity contribution in [1.82, 2.24) is 19.7 Å². The van der Waals surface area contributed by atoms with Gasteiger partial charge in [-0.05, 0) is 24.1 Å². The molecule has 0 saturated heterocycles. The maximum Gasteiger partial charge on any atom is 0.343 e. The minimum atomic E-state index is -0.175. The molecule has 5 nitrogen and oxygen atoms in total. The molecule has 120 valence electrons. The van der Waals surface area contributed by atoms with Gasteiger partial charge in [-0.2, -0.15) is 5.10 Å². The minimum Gasteiger partial charge on any atom is -0.361 e. The lowest BCUT2D eigenvalue weighted by Gasteiger charge is -2.06. The van der Waals surface area contributed by atoms with Crippen molar-refractivity contribution >= 4 is 10.9 Å². The summed E-state index contributed by atoms with van der Waals surface area (Å²) in [4.78, 5) is 15.4. The number of nitrogens with one attached hydrogen (secondary N) is 2. The zero-order valence-electron chi connectivity index (χ0n) is 13.4. The van der Waals surface area contributed by atoms with Gasteiger partial charge in [-0.25, -0.2) is 9.89 Å². The Kier molecular flexibility index (Phi) is 3.54. The van der Waals surface area contributed by atoms with Gasteiger partial charge in [-0.3, -0.25) is 4.57 Å². The van der Waals surface area contributed by atoms with Crippen LogP contribution in [-0.2, 0) is 13.0 Å². The third-order valence-corrected chi connectivity index (χ3v) is 4.28. The largest absolute Gasteiger partial charge is 0.361 e. The van der Waals surface area contributed by atoms with Crippen LogP contribution in [0.15, 0.2) is 59.5 Å². The maximum absolute atomic E-state index is 12.2. The first-order chi connectivity index (χ1) is 11.7. The zero-order valence-corrected chi connectivity index (χ0v) is 13.4. The van der Waals surface area contributed by atoms with E-state index < -0.39 is 0 Å². The smallest absolute Gasteiger partial charge is 0.343 e. The van der Waals surface area contributed by atoms with E-state index in [1.807, 2.05) is 36.5 Å². The molecule has 0 fully saturated rings. The monoisotopic (exact) mass is 318 g/mol. The first-order valence-electron chi connectivity index (χ1n) is 7.95. The lowest BCUT2D eigenvalue weighted by Crippen LogP contribution is -2.19. The topological polar surface area (TPSA) is 66.5 Å². The SMILES string of the molecule is Cc1cccc(Cn2c(Cc3c[nH]c4ccccc34)n[nH]c2=O)c1. The molecule has 2 aromatic heterocycles. The Balaban J connectivity index is 1.68. The molecule has 2 heterocycles. The van der Waals surface area contributed by atoms with E-state index >= 15 is 0 Å². The van der Waals surface area contributed by atoms with Gasteiger partial charge in [0.05, 0.1) is 6.54 Å². The number of fused-ring (bicyclic) bond motifs is 1. The number of hydrogen-bond acceptors (Lipinski definition) is 2. The molecule has 0 bridgehead atoms. The van der Waals surface area contributed by atoms with Gasteiger partial charge in [-0.15, -0.1) is 0 Å². The van der Waals surface area contributed by atoms with Crippen LogP contribution in [0.1, 0.15) is 22.5 Å². The van der Waals surface area contributed by atoms with Crippen LogP contribution in [0.2, 0.25) is 0 Å². The summed E-state index contributed by atoms with van der Waals surface area (Å²) in [5.41, 5.74) is 4.33. The molecule has 2 aromatic carbocycles. The first-order valence-corrected chi connectivity index (χ1v) is 7.95. The molecule has 0 unspecified atom stereocenters. The summed E-state index contributed by atoms with van der Waals surface area (Å²) in [5.74, 6) is 0.742. The summed E-state index contributed by atoms with van der Waals surface area (Å²) in [5, 5.41) is 7.97. The van der Waals surface area contributed by atoms with Crippen molar-refractivity contribution in [3.63, 3.8) is 0 Å². The number of hydrogen-bond donors (Lipinski definition) is 2. The van der Waals surface area contributed by atoms with Crippen molar-refractivity contribution in [2.75, 3.05) is 0 Å². The second kappa shape index (κ2) is 5.85. The molecule has 2 N–H and O–H groups in total. The van der Waals surface area contributed by atoms with E-state index in [1.165, 1.54) is 5.56 Å². The summed E-state index contributed by atoms with van der Waals surface area (Å²) in [6, 6.07) is 16.3. The lowest BCUT2D eigenvalue weighted by molar-refractivity contribution is 0.717. The molecule has 0 amide bonds. The van der Waals surface area contributed by atoms with E-state index in [-0.39, 0.29) is 5.69 Å². The van der Waals surface area contributed by atoms with E-state index in [4.69, 9.17) is 0 Å². The molecule has 0 aliphatic carbocycles. The van der Waals surface area contributed by atoms with E-state index in [0.29, 0.717) is 13.0 Å². The van der Waals surface area contributed by atoms with Crippen molar-refractivity contribution in [3.8, 4) is 0 Å². The Morgan fingerprint density at radius 1 is 1.12 bits per heavy atom. The van der Waals surface area contributed by atoms with E-state index in [2.05, 4.69) is 40.3 Å². The second-order valence-electron chi connectivity index (χ2n) is 6.06. The van der Waals surface area contributed by atoms with Gasteiger partial charge in [0.25, 0.3) is 0 Å². The number of benzene rings is 2. The Hall–Kier alpha value is -3.08. The highest BCUT2D eigenvalue weighted by Gasteiger charge is 2.12. The summed E-state index contributed by atoms with van der Waals surface area (Å²) in [6.07, 6.45) is 2.59. The Labute approximate surface area is 139 Å². The van der Waals surface area contributed by atoms with E-state index in [1.54, 1.807) is 4.57 Å². The van der Waals surface area contributed by atoms with E-state index in [0.717, 1.165) is 27.9 Å². The standard InChI is InChI=1S/C19H18N4O/c1-13-5-4-6-14(9-13)12-23-18(21-22-19(23)24)10-15-11-20-17-8-3-2-7-16(15)17/h2-9,11,20H,10,12H2,1H3,(H,22,24). The quantitative estimate of drug-likeness (QED) is 0.607. The molecule has 0 aliphatic rings. The number of aromatic amines is 2. The molecule has 5 heteroatoms. The highest BCUT2D eigenvalue weighted by molar-refractivity contribution is 5.83. The summed E-state index contributed by atoms with van der Waals surface area (Å²) < 4.78 is 1.70. The number of nitrogens with zero attached hydrogens (tertiary/aromatic N) is 2. The lowest BCUT2D eigenvalue weighted by atomic mass is 10.1. The van der Waals surface area contributed by atoms with Crippen LogP contribution in [0.4, 0.5) is 0 Å². The Morgan fingerprint density at radius 3 is 2.88 bits per heavy atom. The number of H-pyrrole nitrogens is 2. The van der Waals surface area contributed by atoms with E-state index in [9.17, 15) is 4.79 Å². The molecule has 0 atom stereocenters. The molecule has 0 spiro atoms. The third-order valence-electron chi connectivity index (χ3n) is 4.28. The Morgan fingerprint density at radius 2 is 2.00 bits per heavy atom. The van der Waals surface area contributed by atoms with Gasteiger partial charge in [-0.1, -0.05) is 48.0 Å². The predicted molar refractivity (Wildman–Crippen MR) is 94.2 cm³/mol. The maximum atomic E-state index is 12.2. The van der Waals surface area contributed by atoms with Crippen LogP contribution in [-0.4, -0.2) is 19.7 Å². The van der Waals surface area contributed by atoms with Crippen LogP contribution >= 0.6 is 0 Å². The average molecular weight is 318 g/mol. The molecule has 24 heavy (non-hydrogen) atoms. The molecular weight excluding hydrogens is 300 g/mol. The number of aryl methyl sites for hydroxylation is 1. The van der Waals surface area contributed by atoms with Crippen molar-refractivity contribution in [2.45, 2.75) is 19.9 Å². The summed E-state index contributed by atoms with van der Waals surface area (Å²) in [7, 11) is 0. The van der Waals surface area contributed by atoms with Crippen LogP contribution in [0, 0.1) is 6.92 Å². The number of aromatic nitrogens is 4. The van der Waals surface area contributed by atoms with Gasteiger partial charge >= 0.3 is 5.69 Å². The normalized spacial score (nSPS) is 11.2. The van der Waals surface area contributed by atoms with Crippen LogP contribution in [0.5, 0.6) is 0 Å². The molecule has 0 radical (unpaired) electrons. The highest BCUT2D eigenvalue weighted by atomic mass is 16.1. The van der Waals surface area contributed by atoms with Gasteiger partial charge in [0.15, 0.2) is 0 Å². The van der Waals surface area contributed by atoms with Crippen molar-refractivity contribution in [3.05, 3.63) is 87.7 Å². The van der Waals surface area contributed by atoms with Gasteiger partial charge in [0.2, 0.25) is 0 Å². The Bertz CT molecular complexity index is 1050. The average Bonchev–Trinajstić information content (AvgIpc) is 3.14. The van der Waals surface area contributed by atoms with Crippen molar-refractivity contribution < 1.29 is 0 Å². The zero-order chi connectivity index (χ0) is 16.5. The first kappa shape index (κ1) is 14.5.